The third kappa shape index (κ3) is 5.17. The molecule has 0 aliphatic rings. The molecule has 0 aliphatic heterocycles. The first-order valence-electron chi connectivity index (χ1n) is 3.65. The lowest BCUT2D eigenvalue weighted by Crippen LogP contribution is -1.74. The highest BCUT2D eigenvalue weighted by Gasteiger charge is 1.86. The fourth-order valence-electron chi connectivity index (χ4n) is 0.660. The van der Waals surface area contributed by atoms with E-state index in [1.807, 2.05) is 12.1 Å². The second-order valence-electron chi connectivity index (χ2n) is 2.38. The van der Waals surface area contributed by atoms with Crippen LogP contribution >= 0.6 is 0 Å². The second-order valence-corrected chi connectivity index (χ2v) is 2.38. The molecule has 0 N–H and O–H groups in total. The molecule has 0 aromatic heterocycles. The zero-order chi connectivity index (χ0) is 8.69. The van der Waals surface area contributed by atoms with E-state index in [-0.39, 0.29) is 0 Å². The van der Waals surface area contributed by atoms with Gasteiger partial charge in [0.15, 0.2) is 0 Å². The molecule has 0 atom stereocenters. The molecule has 0 aliphatic carbocycles. The van der Waals surface area contributed by atoms with Gasteiger partial charge in [-0.3, -0.25) is 0 Å². The van der Waals surface area contributed by atoms with Crippen molar-refractivity contribution in [3.8, 4) is 6.07 Å². The number of allylic oxidation sites excluding steroid dienone is 4. The van der Waals surface area contributed by atoms with Gasteiger partial charge in [0.05, 0.1) is 6.07 Å². The van der Waals surface area contributed by atoms with Crippen LogP contribution in [-0.4, -0.2) is 0 Å². The molecular formula is C10H13N. The van der Waals surface area contributed by atoms with Crippen LogP contribution in [0.1, 0.15) is 19.8 Å². The van der Waals surface area contributed by atoms with Crippen molar-refractivity contribution in [3.63, 3.8) is 0 Å². The van der Waals surface area contributed by atoms with Gasteiger partial charge in [-0.05, 0) is 12.5 Å². The molecule has 0 saturated carbocycles. The number of nitriles is 1. The molecule has 1 nitrogen and oxygen atoms in total. The predicted molar refractivity (Wildman–Crippen MR) is 47.9 cm³/mol. The maximum Gasteiger partial charge on any atom is 0.0985 e. The van der Waals surface area contributed by atoms with Gasteiger partial charge in [0.2, 0.25) is 0 Å². The Labute approximate surface area is 68.3 Å². The average Bonchev–Trinajstić information content (AvgIpc) is 2.01. The first kappa shape index (κ1) is 9.71. The van der Waals surface area contributed by atoms with Crippen LogP contribution in [0, 0.1) is 11.3 Å². The minimum atomic E-state index is 0.474. The molecule has 1 heteroatoms. The summed E-state index contributed by atoms with van der Waals surface area (Å²) < 4.78 is 0. The normalized spacial score (nSPS) is 9.45. The highest BCUT2D eigenvalue weighted by Crippen LogP contribution is 2.04. The second kappa shape index (κ2) is 5.49. The van der Waals surface area contributed by atoms with Crippen molar-refractivity contribution in [1.29, 1.82) is 5.26 Å². The number of hydrogen-bond donors (Lipinski definition) is 0. The van der Waals surface area contributed by atoms with Gasteiger partial charge in [-0.2, -0.15) is 5.26 Å². The van der Waals surface area contributed by atoms with Crippen LogP contribution in [0.5, 0.6) is 0 Å². The highest BCUT2D eigenvalue weighted by atomic mass is 14.2. The molecule has 0 aromatic rings. The van der Waals surface area contributed by atoms with Gasteiger partial charge in [-0.25, -0.2) is 0 Å². The van der Waals surface area contributed by atoms with E-state index < -0.39 is 0 Å². The summed E-state index contributed by atoms with van der Waals surface area (Å²) in [6, 6.07) is 1.94. The first-order valence-corrected chi connectivity index (χ1v) is 3.65. The molecule has 0 radical (unpaired) electrons. The number of nitrogens with zero attached hydrogens (tertiary/aromatic N) is 1. The van der Waals surface area contributed by atoms with Crippen molar-refractivity contribution in [2.75, 3.05) is 0 Å². The molecule has 0 saturated heterocycles. The van der Waals surface area contributed by atoms with Gasteiger partial charge < -0.3 is 0 Å². The molecule has 0 bridgehead atoms. The van der Waals surface area contributed by atoms with Gasteiger partial charge in [0.1, 0.15) is 0 Å². The molecule has 58 valence electrons. The maximum absolute atomic E-state index is 8.35. The van der Waals surface area contributed by atoms with Crippen LogP contribution in [0.4, 0.5) is 0 Å². The Bertz CT molecular complexity index is 216. The van der Waals surface area contributed by atoms with Gasteiger partial charge >= 0.3 is 0 Å². The Kier molecular flexibility index (Phi) is 4.85. The minimum absolute atomic E-state index is 0.474. The molecule has 0 amide bonds. The molecule has 0 heterocycles. The third-order valence-electron chi connectivity index (χ3n) is 1.23. The predicted octanol–water partition coefficient (Wildman–Crippen LogP) is 2.98. The van der Waals surface area contributed by atoms with Crippen LogP contribution in [-0.2, 0) is 0 Å². The van der Waals surface area contributed by atoms with Crippen LogP contribution in [0.15, 0.2) is 36.5 Å². The first-order chi connectivity index (χ1) is 5.20. The Balaban J connectivity index is 3.85. The number of hydrogen-bond acceptors (Lipinski definition) is 1. The summed E-state index contributed by atoms with van der Waals surface area (Å²) in [7, 11) is 0. The van der Waals surface area contributed by atoms with Crippen molar-refractivity contribution >= 4 is 0 Å². The van der Waals surface area contributed by atoms with Crippen LogP contribution in [0.25, 0.3) is 0 Å². The Morgan fingerprint density at radius 3 is 2.55 bits per heavy atom. The van der Waals surface area contributed by atoms with E-state index in [1.165, 1.54) is 0 Å². The molecule has 0 unspecified atom stereocenters. The fourth-order valence-corrected chi connectivity index (χ4v) is 0.660. The van der Waals surface area contributed by atoms with Crippen molar-refractivity contribution in [2.24, 2.45) is 0 Å². The minimum Gasteiger partial charge on any atom is -0.192 e. The van der Waals surface area contributed by atoms with E-state index >= 15 is 0 Å². The van der Waals surface area contributed by atoms with E-state index in [9.17, 15) is 0 Å². The number of rotatable bonds is 4. The van der Waals surface area contributed by atoms with Crippen LogP contribution in [0.3, 0.4) is 0 Å². The topological polar surface area (TPSA) is 23.8 Å². The molecule has 0 aromatic carbocycles. The highest BCUT2D eigenvalue weighted by molar-refractivity contribution is 5.33. The maximum atomic E-state index is 8.35. The lowest BCUT2D eigenvalue weighted by molar-refractivity contribution is 0.930. The quantitative estimate of drug-likeness (QED) is 0.443. The van der Waals surface area contributed by atoms with E-state index in [4.69, 9.17) is 5.26 Å². The van der Waals surface area contributed by atoms with E-state index in [1.54, 1.807) is 6.08 Å². The summed E-state index contributed by atoms with van der Waals surface area (Å²) >= 11 is 0. The van der Waals surface area contributed by atoms with Crippen molar-refractivity contribution < 1.29 is 0 Å². The van der Waals surface area contributed by atoms with Crippen molar-refractivity contribution in [2.45, 2.75) is 19.8 Å². The molecule has 0 spiro atoms. The van der Waals surface area contributed by atoms with Gasteiger partial charge in [0.25, 0.3) is 0 Å². The molecule has 11 heavy (non-hydrogen) atoms. The van der Waals surface area contributed by atoms with Gasteiger partial charge in [-0.15, -0.1) is 0 Å². The smallest absolute Gasteiger partial charge is 0.0985 e. The summed E-state index contributed by atoms with van der Waals surface area (Å²) in [5, 5.41) is 8.35. The fraction of sp³-hybridized carbons (Fsp3) is 0.300. The summed E-state index contributed by atoms with van der Waals surface area (Å²) in [4.78, 5) is 0. The monoisotopic (exact) mass is 147 g/mol. The summed E-state index contributed by atoms with van der Waals surface area (Å²) in [6.07, 6.45) is 5.60. The summed E-state index contributed by atoms with van der Waals surface area (Å²) in [5.41, 5.74) is 1.52. The van der Waals surface area contributed by atoms with Crippen LogP contribution in [0.2, 0.25) is 0 Å². The van der Waals surface area contributed by atoms with Crippen LogP contribution < -0.4 is 0 Å². The molecule has 0 rings (SSSR count). The summed E-state index contributed by atoms with van der Waals surface area (Å²) in [5.74, 6) is 0. The SMILES string of the molecule is C=C(C#N)/C=C\C(=C)CCC. The average molecular weight is 147 g/mol. The zero-order valence-electron chi connectivity index (χ0n) is 6.93. The van der Waals surface area contributed by atoms with Crippen molar-refractivity contribution in [3.05, 3.63) is 36.5 Å². The standard InChI is InChI=1S/C10H13N/c1-4-5-9(2)6-7-10(3)8-11/h6-7H,2-5H2,1H3/b7-6-. The molecule has 0 fully saturated rings. The van der Waals surface area contributed by atoms with Gasteiger partial charge in [0, 0.05) is 5.57 Å². The Morgan fingerprint density at radius 2 is 2.09 bits per heavy atom. The van der Waals surface area contributed by atoms with E-state index in [2.05, 4.69) is 20.1 Å². The largest absolute Gasteiger partial charge is 0.192 e. The van der Waals surface area contributed by atoms with Gasteiger partial charge in [-0.1, -0.05) is 38.2 Å². The van der Waals surface area contributed by atoms with Crippen molar-refractivity contribution in [1.82, 2.24) is 0 Å². The lowest BCUT2D eigenvalue weighted by atomic mass is 10.1. The lowest BCUT2D eigenvalue weighted by Gasteiger charge is -1.92. The summed E-state index contributed by atoms with van der Waals surface area (Å²) in [6.45, 7) is 9.42. The molecular weight excluding hydrogens is 134 g/mol. The van der Waals surface area contributed by atoms with E-state index in [0.717, 1.165) is 18.4 Å². The zero-order valence-corrected chi connectivity index (χ0v) is 6.93. The van der Waals surface area contributed by atoms with E-state index in [0.29, 0.717) is 5.57 Å². The third-order valence-corrected chi connectivity index (χ3v) is 1.23. The Hall–Kier alpha value is -1.29. The Morgan fingerprint density at radius 1 is 1.45 bits per heavy atom.